The summed E-state index contributed by atoms with van der Waals surface area (Å²) in [5, 5.41) is 0.785. The van der Waals surface area contributed by atoms with Gasteiger partial charge in [0.05, 0.1) is 0 Å². The third-order valence-corrected chi connectivity index (χ3v) is 2.89. The quantitative estimate of drug-likeness (QED) is 0.833. The molecule has 0 spiro atoms. The summed E-state index contributed by atoms with van der Waals surface area (Å²) in [6.45, 7) is 2.00. The maximum absolute atomic E-state index is 5.85. The summed E-state index contributed by atoms with van der Waals surface area (Å²) >= 11 is 7.56. The number of hydrogen-bond donors (Lipinski definition) is 1. The van der Waals surface area contributed by atoms with E-state index in [1.165, 1.54) is 5.56 Å². The molecular formula is C10H12ClNS. The lowest BCUT2D eigenvalue weighted by Gasteiger charge is -2.01. The minimum Gasteiger partial charge on any atom is -0.404 e. The van der Waals surface area contributed by atoms with Crippen LogP contribution in [0.3, 0.4) is 0 Å². The second-order valence-corrected chi connectivity index (χ2v) is 4.35. The van der Waals surface area contributed by atoms with Crippen molar-refractivity contribution in [3.8, 4) is 0 Å². The zero-order chi connectivity index (χ0) is 9.68. The Morgan fingerprint density at radius 3 is 3.00 bits per heavy atom. The molecule has 0 amide bonds. The van der Waals surface area contributed by atoms with Crippen molar-refractivity contribution in [3.05, 3.63) is 46.0 Å². The number of halogens is 1. The van der Waals surface area contributed by atoms with Gasteiger partial charge in [0.2, 0.25) is 0 Å². The van der Waals surface area contributed by atoms with Crippen molar-refractivity contribution in [2.24, 2.45) is 5.73 Å². The average Bonchev–Trinajstić information content (AvgIpc) is 2.14. The van der Waals surface area contributed by atoms with E-state index in [-0.39, 0.29) is 0 Å². The maximum atomic E-state index is 5.85. The van der Waals surface area contributed by atoms with Crippen LogP contribution in [0.4, 0.5) is 0 Å². The molecule has 1 aromatic rings. The molecule has 0 aliphatic rings. The van der Waals surface area contributed by atoms with Gasteiger partial charge in [0.25, 0.3) is 0 Å². The van der Waals surface area contributed by atoms with E-state index in [1.54, 1.807) is 18.0 Å². The summed E-state index contributed by atoms with van der Waals surface area (Å²) in [5.74, 6) is 0.917. The minimum atomic E-state index is 0.785. The van der Waals surface area contributed by atoms with Gasteiger partial charge in [0.15, 0.2) is 0 Å². The van der Waals surface area contributed by atoms with Crippen molar-refractivity contribution >= 4 is 23.4 Å². The topological polar surface area (TPSA) is 26.0 Å². The first kappa shape index (κ1) is 10.5. The Morgan fingerprint density at radius 1 is 1.62 bits per heavy atom. The van der Waals surface area contributed by atoms with Gasteiger partial charge >= 0.3 is 0 Å². The van der Waals surface area contributed by atoms with Gasteiger partial charge in [-0.05, 0) is 29.5 Å². The molecule has 0 saturated heterocycles. The van der Waals surface area contributed by atoms with E-state index < -0.39 is 0 Å². The average molecular weight is 214 g/mol. The van der Waals surface area contributed by atoms with Crippen molar-refractivity contribution < 1.29 is 0 Å². The van der Waals surface area contributed by atoms with Crippen LogP contribution in [0.2, 0.25) is 5.02 Å². The van der Waals surface area contributed by atoms with Gasteiger partial charge in [0.1, 0.15) is 0 Å². The van der Waals surface area contributed by atoms with E-state index >= 15 is 0 Å². The van der Waals surface area contributed by atoms with Crippen molar-refractivity contribution in [2.45, 2.75) is 12.7 Å². The van der Waals surface area contributed by atoms with Crippen molar-refractivity contribution in [3.63, 3.8) is 0 Å². The van der Waals surface area contributed by atoms with Gasteiger partial charge in [-0.3, -0.25) is 0 Å². The maximum Gasteiger partial charge on any atom is 0.0409 e. The van der Waals surface area contributed by atoms with Gasteiger partial charge in [-0.2, -0.15) is 0 Å². The minimum absolute atomic E-state index is 0.785. The Balaban J connectivity index is 2.55. The first-order valence-corrected chi connectivity index (χ1v) is 5.34. The van der Waals surface area contributed by atoms with Crippen LogP contribution in [-0.4, -0.2) is 0 Å². The molecule has 0 bridgehead atoms. The highest BCUT2D eigenvalue weighted by Crippen LogP contribution is 2.21. The van der Waals surface area contributed by atoms with E-state index in [9.17, 15) is 0 Å². The van der Waals surface area contributed by atoms with Crippen LogP contribution in [0.1, 0.15) is 12.5 Å². The zero-order valence-electron chi connectivity index (χ0n) is 7.46. The summed E-state index contributed by atoms with van der Waals surface area (Å²) in [7, 11) is 0. The molecule has 70 valence electrons. The molecule has 3 heteroatoms. The van der Waals surface area contributed by atoms with Crippen LogP contribution < -0.4 is 5.73 Å². The number of allylic oxidation sites excluding steroid dienone is 1. The molecule has 0 atom stereocenters. The molecule has 0 fully saturated rings. The SMILES string of the molecule is C/C(=C/N)SCc1cccc(Cl)c1. The van der Waals surface area contributed by atoms with Gasteiger partial charge in [-0.15, -0.1) is 11.8 Å². The highest BCUT2D eigenvalue weighted by Gasteiger charge is 1.95. The first-order valence-electron chi connectivity index (χ1n) is 3.98. The van der Waals surface area contributed by atoms with Crippen molar-refractivity contribution in [1.82, 2.24) is 0 Å². The van der Waals surface area contributed by atoms with E-state index in [0.29, 0.717) is 0 Å². The van der Waals surface area contributed by atoms with Gasteiger partial charge in [-0.25, -0.2) is 0 Å². The Morgan fingerprint density at radius 2 is 2.38 bits per heavy atom. The third-order valence-electron chi connectivity index (χ3n) is 1.59. The first-order chi connectivity index (χ1) is 6.22. The molecular weight excluding hydrogens is 202 g/mol. The second-order valence-electron chi connectivity index (χ2n) is 2.70. The molecule has 13 heavy (non-hydrogen) atoms. The third kappa shape index (κ3) is 3.75. The molecule has 1 rings (SSSR count). The molecule has 1 aromatic carbocycles. The predicted octanol–water partition coefficient (Wildman–Crippen LogP) is 3.39. The smallest absolute Gasteiger partial charge is 0.0409 e. The molecule has 0 aliphatic heterocycles. The zero-order valence-corrected chi connectivity index (χ0v) is 9.03. The Hall–Kier alpha value is -0.600. The largest absolute Gasteiger partial charge is 0.404 e. The summed E-state index contributed by atoms with van der Waals surface area (Å²) in [6, 6.07) is 7.86. The molecule has 0 saturated carbocycles. The number of nitrogens with two attached hydrogens (primary N) is 1. The molecule has 1 nitrogen and oxygen atoms in total. The summed E-state index contributed by atoms with van der Waals surface area (Å²) in [6.07, 6.45) is 1.62. The normalized spacial score (nSPS) is 11.7. The van der Waals surface area contributed by atoms with Crippen LogP contribution >= 0.6 is 23.4 Å². The number of benzene rings is 1. The van der Waals surface area contributed by atoms with Crippen LogP contribution in [0, 0.1) is 0 Å². The molecule has 0 aliphatic carbocycles. The second kappa shape index (κ2) is 5.20. The van der Waals surface area contributed by atoms with E-state index in [2.05, 4.69) is 6.07 Å². The fourth-order valence-corrected chi connectivity index (χ4v) is 1.76. The lowest BCUT2D eigenvalue weighted by molar-refractivity contribution is 1.41. The van der Waals surface area contributed by atoms with E-state index in [4.69, 9.17) is 17.3 Å². The lowest BCUT2D eigenvalue weighted by atomic mass is 10.2. The Kier molecular flexibility index (Phi) is 4.19. The molecule has 0 radical (unpaired) electrons. The van der Waals surface area contributed by atoms with Gasteiger partial charge < -0.3 is 5.73 Å². The highest BCUT2D eigenvalue weighted by molar-refractivity contribution is 8.02. The monoisotopic (exact) mass is 213 g/mol. The summed E-state index contributed by atoms with van der Waals surface area (Å²) < 4.78 is 0. The Labute approximate surface area is 88.0 Å². The molecule has 2 N–H and O–H groups in total. The molecule has 0 heterocycles. The van der Waals surface area contributed by atoms with Gasteiger partial charge in [-0.1, -0.05) is 23.7 Å². The standard InChI is InChI=1S/C10H12ClNS/c1-8(6-12)13-7-9-3-2-4-10(11)5-9/h2-6H,7,12H2,1H3/b8-6-. The highest BCUT2D eigenvalue weighted by atomic mass is 35.5. The van der Waals surface area contributed by atoms with Crippen LogP contribution in [0.25, 0.3) is 0 Å². The summed E-state index contributed by atoms with van der Waals surface area (Å²) in [4.78, 5) is 1.12. The fourth-order valence-electron chi connectivity index (χ4n) is 0.872. The Bertz CT molecular complexity index is 310. The fraction of sp³-hybridized carbons (Fsp3) is 0.200. The van der Waals surface area contributed by atoms with Crippen LogP contribution in [0.5, 0.6) is 0 Å². The lowest BCUT2D eigenvalue weighted by Crippen LogP contribution is -1.83. The summed E-state index contributed by atoms with van der Waals surface area (Å²) in [5.41, 5.74) is 6.58. The number of rotatable bonds is 3. The van der Waals surface area contributed by atoms with E-state index in [0.717, 1.165) is 15.7 Å². The number of thioether (sulfide) groups is 1. The molecule has 0 aromatic heterocycles. The predicted molar refractivity (Wildman–Crippen MR) is 60.7 cm³/mol. The van der Waals surface area contributed by atoms with Crippen LogP contribution in [-0.2, 0) is 5.75 Å². The van der Waals surface area contributed by atoms with Crippen molar-refractivity contribution in [2.75, 3.05) is 0 Å². The molecule has 0 unspecified atom stereocenters. The van der Waals surface area contributed by atoms with Crippen molar-refractivity contribution in [1.29, 1.82) is 0 Å². The van der Waals surface area contributed by atoms with Crippen LogP contribution in [0.15, 0.2) is 35.4 Å². The van der Waals surface area contributed by atoms with Gasteiger partial charge in [0, 0.05) is 17.0 Å². The number of hydrogen-bond acceptors (Lipinski definition) is 2. The van der Waals surface area contributed by atoms with E-state index in [1.807, 2.05) is 25.1 Å².